The van der Waals surface area contributed by atoms with Crippen molar-refractivity contribution in [3.63, 3.8) is 0 Å². The number of rotatable bonds is 9. The molecule has 28 heavy (non-hydrogen) atoms. The minimum atomic E-state index is -0.225. The summed E-state index contributed by atoms with van der Waals surface area (Å²) in [5, 5.41) is 7.02. The van der Waals surface area contributed by atoms with E-state index in [1.165, 1.54) is 22.1 Å². The van der Waals surface area contributed by atoms with Crippen LogP contribution in [0.1, 0.15) is 34.5 Å². The van der Waals surface area contributed by atoms with Crippen molar-refractivity contribution in [3.05, 3.63) is 93.4 Å². The van der Waals surface area contributed by atoms with Gasteiger partial charge in [0.25, 0.3) is 5.91 Å². The second-order valence-electron chi connectivity index (χ2n) is 6.72. The third kappa shape index (κ3) is 5.50. The topological polar surface area (TPSA) is 45.7 Å². The maximum atomic E-state index is 13.6. The summed E-state index contributed by atoms with van der Waals surface area (Å²) in [5.74, 6) is -0.264. The molecular formula is C23H26FN2OS+. The van der Waals surface area contributed by atoms with Gasteiger partial charge in [0.05, 0.1) is 4.88 Å². The highest BCUT2D eigenvalue weighted by Crippen LogP contribution is 2.23. The van der Waals surface area contributed by atoms with Crippen LogP contribution in [0.25, 0.3) is 0 Å². The van der Waals surface area contributed by atoms with Gasteiger partial charge in [-0.2, -0.15) is 0 Å². The largest absolute Gasteiger partial charge is 0.351 e. The Morgan fingerprint density at radius 3 is 2.57 bits per heavy atom. The van der Waals surface area contributed by atoms with Crippen LogP contribution in [0.2, 0.25) is 0 Å². The molecule has 0 aliphatic heterocycles. The standard InChI is InChI=1S/C23H25FN2OS/c1-2-17-9-11-19(12-10-17)23(21-8-5-15-28-21)26-16-22(27)25-14-13-18-6-3-4-7-20(18)24/h3-12,15,23,26H,2,13-14,16H2,1H3,(H,25,27)/p+1/t23-/m1/s1. The second kappa shape index (κ2) is 10.2. The van der Waals surface area contributed by atoms with Crippen molar-refractivity contribution in [2.24, 2.45) is 0 Å². The van der Waals surface area contributed by atoms with E-state index in [1.54, 1.807) is 23.5 Å². The number of aryl methyl sites for hydroxylation is 1. The molecule has 5 heteroatoms. The van der Waals surface area contributed by atoms with Gasteiger partial charge in [0.2, 0.25) is 0 Å². The van der Waals surface area contributed by atoms with Crippen molar-refractivity contribution in [2.75, 3.05) is 13.1 Å². The van der Waals surface area contributed by atoms with Crippen molar-refractivity contribution in [1.29, 1.82) is 0 Å². The molecule has 0 bridgehead atoms. The summed E-state index contributed by atoms with van der Waals surface area (Å²) in [4.78, 5) is 13.5. The van der Waals surface area contributed by atoms with Gasteiger partial charge >= 0.3 is 0 Å². The Labute approximate surface area is 169 Å². The third-order valence-corrected chi connectivity index (χ3v) is 5.77. The highest BCUT2D eigenvalue weighted by atomic mass is 32.1. The zero-order valence-electron chi connectivity index (χ0n) is 16.0. The van der Waals surface area contributed by atoms with E-state index in [1.807, 2.05) is 12.1 Å². The molecule has 0 aliphatic rings. The minimum Gasteiger partial charge on any atom is -0.351 e. The molecule has 0 spiro atoms. The van der Waals surface area contributed by atoms with Gasteiger partial charge in [-0.25, -0.2) is 4.39 Å². The molecule has 0 unspecified atom stereocenters. The number of hydrogen-bond donors (Lipinski definition) is 2. The Balaban J connectivity index is 1.55. The van der Waals surface area contributed by atoms with Gasteiger partial charge in [-0.3, -0.25) is 4.79 Å². The van der Waals surface area contributed by atoms with Gasteiger partial charge in [0.1, 0.15) is 11.9 Å². The fourth-order valence-electron chi connectivity index (χ4n) is 3.18. The van der Waals surface area contributed by atoms with Gasteiger partial charge in [-0.05, 0) is 41.5 Å². The number of nitrogens with one attached hydrogen (secondary N) is 1. The van der Waals surface area contributed by atoms with Crippen molar-refractivity contribution in [1.82, 2.24) is 5.32 Å². The average molecular weight is 398 g/mol. The Kier molecular flexibility index (Phi) is 7.34. The van der Waals surface area contributed by atoms with E-state index >= 15 is 0 Å². The van der Waals surface area contributed by atoms with E-state index in [0.29, 0.717) is 25.1 Å². The second-order valence-corrected chi connectivity index (χ2v) is 7.70. The summed E-state index contributed by atoms with van der Waals surface area (Å²) in [6.45, 7) is 2.90. The third-order valence-electron chi connectivity index (χ3n) is 4.81. The van der Waals surface area contributed by atoms with Crippen molar-refractivity contribution < 1.29 is 14.5 Å². The highest BCUT2D eigenvalue weighted by molar-refractivity contribution is 7.10. The summed E-state index contributed by atoms with van der Waals surface area (Å²) >= 11 is 1.70. The molecule has 2 aromatic carbocycles. The molecule has 0 radical (unpaired) electrons. The van der Waals surface area contributed by atoms with E-state index in [-0.39, 0.29) is 17.8 Å². The highest BCUT2D eigenvalue weighted by Gasteiger charge is 2.20. The molecule has 3 N–H and O–H groups in total. The predicted molar refractivity (Wildman–Crippen MR) is 112 cm³/mol. The zero-order chi connectivity index (χ0) is 19.8. The molecule has 1 atom stereocenters. The Morgan fingerprint density at radius 1 is 1.11 bits per heavy atom. The number of thiophene rings is 1. The summed E-state index contributed by atoms with van der Waals surface area (Å²) in [6, 6.07) is 19.5. The lowest BCUT2D eigenvalue weighted by Gasteiger charge is -2.15. The number of nitrogens with two attached hydrogens (primary N) is 1. The maximum absolute atomic E-state index is 13.6. The summed E-state index contributed by atoms with van der Waals surface area (Å²) in [6.07, 6.45) is 1.50. The molecule has 0 aliphatic carbocycles. The molecule has 1 aromatic heterocycles. The van der Waals surface area contributed by atoms with Crippen LogP contribution in [0.5, 0.6) is 0 Å². The van der Waals surface area contributed by atoms with Crippen molar-refractivity contribution in [2.45, 2.75) is 25.8 Å². The molecule has 3 aromatic rings. The normalized spacial score (nSPS) is 11.9. The fourth-order valence-corrected chi connectivity index (χ4v) is 4.03. The van der Waals surface area contributed by atoms with Gasteiger partial charge in [0, 0.05) is 12.1 Å². The number of benzene rings is 2. The van der Waals surface area contributed by atoms with Crippen LogP contribution < -0.4 is 10.6 Å². The molecular weight excluding hydrogens is 371 g/mol. The number of carbonyl (C=O) groups excluding carboxylic acids is 1. The Hall–Kier alpha value is -2.50. The molecule has 0 saturated carbocycles. The number of amides is 1. The maximum Gasteiger partial charge on any atom is 0.275 e. The van der Waals surface area contributed by atoms with Crippen molar-refractivity contribution in [3.8, 4) is 0 Å². The minimum absolute atomic E-state index is 0.0388. The summed E-state index contributed by atoms with van der Waals surface area (Å²) in [7, 11) is 0. The van der Waals surface area contributed by atoms with E-state index in [2.05, 4.69) is 53.3 Å². The smallest absolute Gasteiger partial charge is 0.275 e. The number of halogens is 1. The van der Waals surface area contributed by atoms with E-state index < -0.39 is 0 Å². The van der Waals surface area contributed by atoms with Crippen molar-refractivity contribution >= 4 is 17.2 Å². The first-order valence-electron chi connectivity index (χ1n) is 9.63. The molecule has 146 valence electrons. The summed E-state index contributed by atoms with van der Waals surface area (Å²) in [5.41, 5.74) is 3.12. The van der Waals surface area contributed by atoms with Gasteiger partial charge in [-0.15, -0.1) is 11.3 Å². The lowest BCUT2D eigenvalue weighted by molar-refractivity contribution is -0.676. The summed E-state index contributed by atoms with van der Waals surface area (Å²) < 4.78 is 13.6. The monoisotopic (exact) mass is 397 g/mol. The lowest BCUT2D eigenvalue weighted by Crippen LogP contribution is -2.87. The van der Waals surface area contributed by atoms with Crippen LogP contribution in [0, 0.1) is 5.82 Å². The molecule has 3 rings (SSSR count). The number of hydrogen-bond acceptors (Lipinski definition) is 2. The first-order chi connectivity index (χ1) is 13.7. The number of carbonyl (C=O) groups is 1. The molecule has 3 nitrogen and oxygen atoms in total. The van der Waals surface area contributed by atoms with Crippen LogP contribution in [0.3, 0.4) is 0 Å². The average Bonchev–Trinajstić information content (AvgIpc) is 3.24. The molecule has 1 heterocycles. The molecule has 1 amide bonds. The van der Waals surface area contributed by atoms with E-state index in [4.69, 9.17) is 0 Å². The van der Waals surface area contributed by atoms with E-state index in [9.17, 15) is 9.18 Å². The number of quaternary nitrogens is 1. The SMILES string of the molecule is CCc1ccc([C@@H]([NH2+]CC(=O)NCCc2ccccc2F)c2cccs2)cc1. The predicted octanol–water partition coefficient (Wildman–Crippen LogP) is 3.46. The molecule has 0 fully saturated rings. The Morgan fingerprint density at radius 2 is 1.89 bits per heavy atom. The fraction of sp³-hybridized carbons (Fsp3) is 0.261. The van der Waals surface area contributed by atoms with Gasteiger partial charge in [-0.1, -0.05) is 55.5 Å². The van der Waals surface area contributed by atoms with Crippen LogP contribution in [0.15, 0.2) is 66.0 Å². The van der Waals surface area contributed by atoms with Gasteiger partial charge in [0.15, 0.2) is 6.54 Å². The van der Waals surface area contributed by atoms with Gasteiger partial charge < -0.3 is 10.6 Å². The zero-order valence-corrected chi connectivity index (χ0v) is 16.8. The Bertz CT molecular complexity index is 878. The first-order valence-corrected chi connectivity index (χ1v) is 10.5. The molecule has 0 saturated heterocycles. The lowest BCUT2D eigenvalue weighted by atomic mass is 10.0. The van der Waals surface area contributed by atoms with Crippen LogP contribution in [-0.4, -0.2) is 19.0 Å². The quantitative estimate of drug-likeness (QED) is 0.571. The van der Waals surface area contributed by atoms with Crippen LogP contribution in [0.4, 0.5) is 4.39 Å². The van der Waals surface area contributed by atoms with Crippen LogP contribution >= 0.6 is 11.3 Å². The van der Waals surface area contributed by atoms with Crippen LogP contribution in [-0.2, 0) is 17.6 Å². The first kappa shape index (κ1) is 20.2. The van der Waals surface area contributed by atoms with E-state index in [0.717, 1.165) is 6.42 Å².